The number of carbonyl (C=O) groups excluding carboxylic acids is 1. The lowest BCUT2D eigenvalue weighted by Crippen LogP contribution is -2.35. The number of primary amides is 1. The fourth-order valence-corrected chi connectivity index (χ4v) is 5.00. The maximum Gasteiger partial charge on any atom is 0.245 e. The number of carbonyl (C=O) groups is 1. The number of rotatable bonds is 7. The van der Waals surface area contributed by atoms with Gasteiger partial charge in [-0.15, -0.1) is 5.10 Å². The largest absolute Gasteiger partial charge is 0.368 e. The predicted molar refractivity (Wildman–Crippen MR) is 100 cm³/mol. The number of nitrogens with one attached hydrogen (secondary N) is 1. The Hall–Kier alpha value is -1.43. The number of hydrogen-bond acceptors (Lipinski definition) is 4. The van der Waals surface area contributed by atoms with Gasteiger partial charge >= 0.3 is 0 Å². The first-order chi connectivity index (χ1) is 12.7. The second-order valence-electron chi connectivity index (χ2n) is 8.77. The van der Waals surface area contributed by atoms with Crippen LogP contribution in [0.15, 0.2) is 6.20 Å². The van der Waals surface area contributed by atoms with Gasteiger partial charge < -0.3 is 11.1 Å². The molecule has 1 amide bonds. The molecule has 0 aromatic carbocycles. The minimum absolute atomic E-state index is 0.259. The molecular weight excluding hydrogens is 326 g/mol. The molecule has 1 atom stereocenters. The Morgan fingerprint density at radius 3 is 2.42 bits per heavy atom. The Morgan fingerprint density at radius 2 is 1.81 bits per heavy atom. The topological polar surface area (TPSA) is 85.8 Å². The molecule has 6 heteroatoms. The molecule has 0 unspecified atom stereocenters. The van der Waals surface area contributed by atoms with Crippen molar-refractivity contribution in [2.24, 2.45) is 17.6 Å². The predicted octanol–water partition coefficient (Wildman–Crippen LogP) is 3.04. The summed E-state index contributed by atoms with van der Waals surface area (Å²) < 4.78 is 1.74. The highest BCUT2D eigenvalue weighted by molar-refractivity contribution is 5.85. The Bertz CT molecular complexity index is 611. The molecule has 3 fully saturated rings. The monoisotopic (exact) mass is 359 g/mol. The van der Waals surface area contributed by atoms with Crippen molar-refractivity contribution >= 4 is 5.91 Å². The molecule has 0 bridgehead atoms. The van der Waals surface area contributed by atoms with Gasteiger partial charge in [0.05, 0.1) is 17.9 Å². The van der Waals surface area contributed by atoms with Crippen LogP contribution in [0.1, 0.15) is 88.8 Å². The summed E-state index contributed by atoms with van der Waals surface area (Å²) in [6, 6.07) is 0.259. The number of hydrogen-bond donors (Lipinski definition) is 2. The van der Waals surface area contributed by atoms with Crippen LogP contribution in [0, 0.1) is 11.8 Å². The van der Waals surface area contributed by atoms with Crippen molar-refractivity contribution < 1.29 is 4.79 Å². The Kier molecular flexibility index (Phi) is 5.30. The fourth-order valence-electron chi connectivity index (χ4n) is 5.00. The third kappa shape index (κ3) is 3.66. The van der Waals surface area contributed by atoms with Gasteiger partial charge in [0, 0.05) is 0 Å². The molecule has 0 radical (unpaired) electrons. The van der Waals surface area contributed by atoms with Gasteiger partial charge in [0.2, 0.25) is 5.91 Å². The normalized spacial score (nSPS) is 25.1. The summed E-state index contributed by atoms with van der Waals surface area (Å²) in [6.45, 7) is 1.08. The van der Waals surface area contributed by atoms with Gasteiger partial charge in [-0.05, 0) is 56.9 Å². The first-order valence-electron chi connectivity index (χ1n) is 10.6. The zero-order valence-corrected chi connectivity index (χ0v) is 15.8. The van der Waals surface area contributed by atoms with Crippen molar-refractivity contribution in [3.05, 3.63) is 11.9 Å². The van der Waals surface area contributed by atoms with Gasteiger partial charge in [0.1, 0.15) is 5.54 Å². The summed E-state index contributed by atoms with van der Waals surface area (Å²) in [5.74, 6) is 1.14. The average molecular weight is 360 g/mol. The van der Waals surface area contributed by atoms with E-state index in [0.29, 0.717) is 5.92 Å². The Balaban J connectivity index is 1.48. The number of nitrogens with zero attached hydrogens (tertiary/aromatic N) is 3. The standard InChI is InChI=1S/C20H33N5O/c21-19(26)20(11-12-20)25-14-17(23-24-25)18(16-9-5-2-6-10-16)22-13-15-7-3-1-4-8-15/h14-16,18,22H,1-13H2,(H2,21,26)/t18-/m0/s1. The summed E-state index contributed by atoms with van der Waals surface area (Å²) in [6.07, 6.45) is 16.9. The average Bonchev–Trinajstić information content (AvgIpc) is 3.36. The molecule has 144 valence electrons. The van der Waals surface area contributed by atoms with Crippen LogP contribution in [-0.4, -0.2) is 27.4 Å². The van der Waals surface area contributed by atoms with E-state index in [-0.39, 0.29) is 11.9 Å². The first-order valence-corrected chi connectivity index (χ1v) is 10.6. The van der Waals surface area contributed by atoms with Gasteiger partial charge in [-0.2, -0.15) is 0 Å². The minimum Gasteiger partial charge on any atom is -0.368 e. The highest BCUT2D eigenvalue weighted by Gasteiger charge is 2.52. The Morgan fingerprint density at radius 1 is 1.15 bits per heavy atom. The molecule has 0 saturated heterocycles. The molecule has 3 saturated carbocycles. The van der Waals surface area contributed by atoms with E-state index in [1.54, 1.807) is 4.68 Å². The lowest BCUT2D eigenvalue weighted by molar-refractivity contribution is -0.122. The zero-order chi connectivity index (χ0) is 18.0. The van der Waals surface area contributed by atoms with Crippen LogP contribution in [0.25, 0.3) is 0 Å². The molecule has 26 heavy (non-hydrogen) atoms. The second-order valence-corrected chi connectivity index (χ2v) is 8.77. The molecule has 6 nitrogen and oxygen atoms in total. The van der Waals surface area contributed by atoms with Crippen LogP contribution in [0.3, 0.4) is 0 Å². The third-order valence-corrected chi connectivity index (χ3v) is 6.92. The summed E-state index contributed by atoms with van der Waals surface area (Å²) in [5.41, 5.74) is 6.00. The van der Waals surface area contributed by atoms with Crippen LogP contribution in [0.5, 0.6) is 0 Å². The molecule has 3 N–H and O–H groups in total. The quantitative estimate of drug-likeness (QED) is 0.783. The summed E-state index contributed by atoms with van der Waals surface area (Å²) in [7, 11) is 0. The lowest BCUT2D eigenvalue weighted by Gasteiger charge is -2.32. The van der Waals surface area contributed by atoms with Crippen molar-refractivity contribution in [2.45, 2.75) is 88.6 Å². The third-order valence-electron chi connectivity index (χ3n) is 6.92. The SMILES string of the molecule is NC(=O)C1(n2cc([C@@H](NCC3CCCCC3)C3CCCCC3)nn2)CC1. The first kappa shape index (κ1) is 18.0. The highest BCUT2D eigenvalue weighted by Crippen LogP contribution is 2.43. The van der Waals surface area contributed by atoms with Crippen molar-refractivity contribution in [1.82, 2.24) is 20.3 Å². The van der Waals surface area contributed by atoms with Gasteiger partial charge in [-0.1, -0.05) is 43.7 Å². The van der Waals surface area contributed by atoms with Crippen LogP contribution >= 0.6 is 0 Å². The lowest BCUT2D eigenvalue weighted by atomic mass is 9.82. The van der Waals surface area contributed by atoms with Crippen molar-refractivity contribution in [1.29, 1.82) is 0 Å². The molecular formula is C20H33N5O. The molecule has 0 aliphatic heterocycles. The summed E-state index contributed by atoms with van der Waals surface area (Å²) in [5, 5.41) is 12.7. The van der Waals surface area contributed by atoms with E-state index >= 15 is 0 Å². The number of nitrogens with two attached hydrogens (primary N) is 1. The van der Waals surface area contributed by atoms with Gasteiger partial charge in [0.15, 0.2) is 0 Å². The van der Waals surface area contributed by atoms with Crippen LogP contribution < -0.4 is 11.1 Å². The number of aromatic nitrogens is 3. The van der Waals surface area contributed by atoms with Crippen molar-refractivity contribution in [2.75, 3.05) is 6.54 Å². The maximum absolute atomic E-state index is 11.8. The molecule has 0 spiro atoms. The van der Waals surface area contributed by atoms with Crippen molar-refractivity contribution in [3.8, 4) is 0 Å². The van der Waals surface area contributed by atoms with E-state index in [1.807, 2.05) is 6.20 Å². The molecule has 1 aromatic rings. The Labute approximate surface area is 156 Å². The molecule has 3 aliphatic rings. The van der Waals surface area contributed by atoms with Crippen molar-refractivity contribution in [3.63, 3.8) is 0 Å². The fraction of sp³-hybridized carbons (Fsp3) is 0.850. The summed E-state index contributed by atoms with van der Waals surface area (Å²) >= 11 is 0. The van der Waals surface area contributed by atoms with Crippen LogP contribution in [0.4, 0.5) is 0 Å². The van der Waals surface area contributed by atoms with Gasteiger partial charge in [0.25, 0.3) is 0 Å². The van der Waals surface area contributed by atoms with E-state index in [2.05, 4.69) is 15.6 Å². The van der Waals surface area contributed by atoms with E-state index in [4.69, 9.17) is 5.73 Å². The van der Waals surface area contributed by atoms with E-state index < -0.39 is 5.54 Å². The highest BCUT2D eigenvalue weighted by atomic mass is 16.2. The second kappa shape index (κ2) is 7.67. The van der Waals surface area contributed by atoms with E-state index in [9.17, 15) is 4.79 Å². The zero-order valence-electron chi connectivity index (χ0n) is 15.8. The minimum atomic E-state index is -0.605. The van der Waals surface area contributed by atoms with Crippen LogP contribution in [0.2, 0.25) is 0 Å². The van der Waals surface area contributed by atoms with E-state index in [0.717, 1.165) is 31.0 Å². The molecule has 1 aromatic heterocycles. The van der Waals surface area contributed by atoms with Gasteiger partial charge in [-0.3, -0.25) is 4.79 Å². The maximum atomic E-state index is 11.8. The number of amides is 1. The van der Waals surface area contributed by atoms with E-state index in [1.165, 1.54) is 64.2 Å². The smallest absolute Gasteiger partial charge is 0.245 e. The van der Waals surface area contributed by atoms with Gasteiger partial charge in [-0.25, -0.2) is 4.68 Å². The molecule has 1 heterocycles. The summed E-state index contributed by atoms with van der Waals surface area (Å²) in [4.78, 5) is 11.8. The molecule has 4 rings (SSSR count). The van der Waals surface area contributed by atoms with Crippen LogP contribution in [-0.2, 0) is 10.3 Å². The molecule has 3 aliphatic carbocycles.